The van der Waals surface area contributed by atoms with Gasteiger partial charge in [0.25, 0.3) is 0 Å². The van der Waals surface area contributed by atoms with Crippen molar-refractivity contribution in [2.75, 3.05) is 6.61 Å². The topological polar surface area (TPSA) is 89.7 Å². The second-order valence-corrected chi connectivity index (χ2v) is 3.80. The number of unbranched alkanes of at least 4 members (excludes halogenated alkanes) is 2. The quantitative estimate of drug-likeness (QED) is 0.458. The average molecular weight is 253 g/mol. The fraction of sp³-hybridized carbons (Fsp3) is 0.417. The van der Waals surface area contributed by atoms with Gasteiger partial charge in [-0.05, 0) is 18.6 Å². The van der Waals surface area contributed by atoms with Gasteiger partial charge in [0.05, 0.1) is 17.1 Å². The predicted octanol–water partition coefficient (Wildman–Crippen LogP) is 2.86. The lowest BCUT2D eigenvalue weighted by Crippen LogP contribution is -2.03. The predicted molar refractivity (Wildman–Crippen MR) is 65.1 cm³/mol. The Labute approximate surface area is 104 Å². The van der Waals surface area contributed by atoms with Crippen molar-refractivity contribution in [2.24, 2.45) is 0 Å². The average Bonchev–Trinajstić information content (AvgIpc) is 2.34. The van der Waals surface area contributed by atoms with Gasteiger partial charge in [-0.1, -0.05) is 19.8 Å². The van der Waals surface area contributed by atoms with Gasteiger partial charge < -0.3 is 9.84 Å². The minimum Gasteiger partial charge on any atom is -0.487 e. The number of ether oxygens (including phenoxy) is 1. The third-order valence-electron chi connectivity index (χ3n) is 2.41. The molecule has 1 aromatic carbocycles. The van der Waals surface area contributed by atoms with Crippen LogP contribution in [0.3, 0.4) is 0 Å². The van der Waals surface area contributed by atoms with Crippen LogP contribution in [0.4, 0.5) is 5.69 Å². The minimum absolute atomic E-state index is 0.112. The molecule has 0 aliphatic carbocycles. The standard InChI is InChI=1S/C12H15NO5/c1-2-3-4-7-18-11-6-5-9(12(14)15)8-10(11)13(16)17/h5-6,8H,2-4,7H2,1H3,(H,14,15). The van der Waals surface area contributed by atoms with Gasteiger partial charge in [-0.3, -0.25) is 10.1 Å². The number of aromatic carboxylic acids is 1. The summed E-state index contributed by atoms with van der Waals surface area (Å²) < 4.78 is 5.30. The summed E-state index contributed by atoms with van der Waals surface area (Å²) in [6.07, 6.45) is 2.83. The van der Waals surface area contributed by atoms with Crippen LogP contribution in [0.5, 0.6) is 5.75 Å². The van der Waals surface area contributed by atoms with E-state index in [0.29, 0.717) is 6.61 Å². The maximum atomic E-state index is 10.8. The molecule has 0 heterocycles. The summed E-state index contributed by atoms with van der Waals surface area (Å²) in [6.45, 7) is 2.44. The molecule has 98 valence electrons. The molecule has 18 heavy (non-hydrogen) atoms. The maximum absolute atomic E-state index is 10.8. The zero-order chi connectivity index (χ0) is 13.5. The summed E-state index contributed by atoms with van der Waals surface area (Å²) in [5.41, 5.74) is -0.436. The first-order valence-corrected chi connectivity index (χ1v) is 5.70. The highest BCUT2D eigenvalue weighted by Gasteiger charge is 2.18. The molecule has 0 bridgehead atoms. The van der Waals surface area contributed by atoms with E-state index in [4.69, 9.17) is 9.84 Å². The van der Waals surface area contributed by atoms with Crippen LogP contribution in [0.2, 0.25) is 0 Å². The zero-order valence-electron chi connectivity index (χ0n) is 10.1. The van der Waals surface area contributed by atoms with Crippen molar-refractivity contribution in [3.8, 4) is 5.75 Å². The molecule has 0 aliphatic rings. The molecule has 0 aromatic heterocycles. The molecule has 6 heteroatoms. The zero-order valence-corrected chi connectivity index (χ0v) is 10.1. The summed E-state index contributed by atoms with van der Waals surface area (Å²) in [7, 11) is 0. The number of nitro groups is 1. The Bertz CT molecular complexity index is 444. The van der Waals surface area contributed by atoms with E-state index >= 15 is 0 Å². The van der Waals surface area contributed by atoms with Crippen molar-refractivity contribution in [3.05, 3.63) is 33.9 Å². The molecule has 0 spiro atoms. The number of carboxylic acid groups (broad SMARTS) is 1. The number of nitrogens with zero attached hydrogens (tertiary/aromatic N) is 1. The van der Waals surface area contributed by atoms with Crippen LogP contribution in [0.1, 0.15) is 36.5 Å². The normalized spacial score (nSPS) is 10.1. The molecule has 0 aliphatic heterocycles. The summed E-state index contributed by atoms with van der Waals surface area (Å²) in [5, 5.41) is 19.6. The van der Waals surface area contributed by atoms with Crippen LogP contribution in [0.15, 0.2) is 18.2 Å². The number of carbonyl (C=O) groups is 1. The highest BCUT2D eigenvalue weighted by Crippen LogP contribution is 2.28. The molecule has 1 rings (SSSR count). The van der Waals surface area contributed by atoms with Crippen molar-refractivity contribution in [2.45, 2.75) is 26.2 Å². The van der Waals surface area contributed by atoms with Gasteiger partial charge >= 0.3 is 11.7 Å². The van der Waals surface area contributed by atoms with Crippen LogP contribution < -0.4 is 4.74 Å². The van der Waals surface area contributed by atoms with Gasteiger partial charge in [-0.15, -0.1) is 0 Å². The molecule has 0 saturated carbocycles. The second kappa shape index (κ2) is 6.58. The Balaban J connectivity index is 2.83. The number of hydrogen-bond donors (Lipinski definition) is 1. The van der Waals surface area contributed by atoms with E-state index in [0.717, 1.165) is 25.3 Å². The second-order valence-electron chi connectivity index (χ2n) is 3.80. The van der Waals surface area contributed by atoms with Gasteiger partial charge in [0, 0.05) is 6.07 Å². The van der Waals surface area contributed by atoms with E-state index in [1.54, 1.807) is 0 Å². The van der Waals surface area contributed by atoms with E-state index in [1.165, 1.54) is 12.1 Å². The van der Waals surface area contributed by atoms with E-state index in [2.05, 4.69) is 0 Å². The molecule has 0 amide bonds. The van der Waals surface area contributed by atoms with Crippen LogP contribution in [-0.4, -0.2) is 22.6 Å². The number of nitro benzene ring substituents is 1. The first-order valence-electron chi connectivity index (χ1n) is 5.70. The minimum atomic E-state index is -1.20. The summed E-state index contributed by atoms with van der Waals surface area (Å²) in [6, 6.07) is 3.63. The number of rotatable bonds is 7. The fourth-order valence-electron chi connectivity index (χ4n) is 1.45. The van der Waals surface area contributed by atoms with Gasteiger partial charge in [0.15, 0.2) is 5.75 Å². The first-order chi connectivity index (χ1) is 8.56. The van der Waals surface area contributed by atoms with Gasteiger partial charge in [-0.25, -0.2) is 4.79 Å². The molecule has 1 N–H and O–H groups in total. The summed E-state index contributed by atoms with van der Waals surface area (Å²) in [5.74, 6) is -1.09. The lowest BCUT2D eigenvalue weighted by atomic mass is 10.2. The third kappa shape index (κ3) is 3.73. The van der Waals surface area contributed by atoms with E-state index in [9.17, 15) is 14.9 Å². The Morgan fingerprint density at radius 3 is 2.72 bits per heavy atom. The van der Waals surface area contributed by atoms with Crippen LogP contribution in [-0.2, 0) is 0 Å². The van der Waals surface area contributed by atoms with E-state index < -0.39 is 10.9 Å². The van der Waals surface area contributed by atoms with Gasteiger partial charge in [0.1, 0.15) is 0 Å². The Morgan fingerprint density at radius 2 is 2.17 bits per heavy atom. The third-order valence-corrected chi connectivity index (χ3v) is 2.41. The molecule has 6 nitrogen and oxygen atoms in total. The molecule has 0 fully saturated rings. The monoisotopic (exact) mass is 253 g/mol. The van der Waals surface area contributed by atoms with E-state index in [-0.39, 0.29) is 17.0 Å². The molecule has 0 radical (unpaired) electrons. The fourth-order valence-corrected chi connectivity index (χ4v) is 1.45. The van der Waals surface area contributed by atoms with Crippen molar-refractivity contribution in [3.63, 3.8) is 0 Å². The van der Waals surface area contributed by atoms with Crippen molar-refractivity contribution < 1.29 is 19.6 Å². The maximum Gasteiger partial charge on any atom is 0.335 e. The van der Waals surface area contributed by atoms with E-state index in [1.807, 2.05) is 6.92 Å². The molecule has 0 atom stereocenters. The van der Waals surface area contributed by atoms with Crippen molar-refractivity contribution in [1.29, 1.82) is 0 Å². The number of carboxylic acids is 1. The number of hydrogen-bond acceptors (Lipinski definition) is 4. The highest BCUT2D eigenvalue weighted by atomic mass is 16.6. The van der Waals surface area contributed by atoms with Crippen molar-refractivity contribution >= 4 is 11.7 Å². The highest BCUT2D eigenvalue weighted by molar-refractivity contribution is 5.88. The van der Waals surface area contributed by atoms with Crippen molar-refractivity contribution in [1.82, 2.24) is 0 Å². The lowest BCUT2D eigenvalue weighted by Gasteiger charge is -2.06. The Morgan fingerprint density at radius 1 is 1.44 bits per heavy atom. The Kier molecular flexibility index (Phi) is 5.10. The first kappa shape index (κ1) is 14.0. The van der Waals surface area contributed by atoms with Crippen LogP contribution in [0.25, 0.3) is 0 Å². The SMILES string of the molecule is CCCCCOc1ccc(C(=O)O)cc1[N+](=O)[O-]. The molecule has 1 aromatic rings. The smallest absolute Gasteiger partial charge is 0.335 e. The largest absolute Gasteiger partial charge is 0.487 e. The lowest BCUT2D eigenvalue weighted by molar-refractivity contribution is -0.385. The molecular weight excluding hydrogens is 238 g/mol. The number of benzene rings is 1. The molecule has 0 saturated heterocycles. The van der Waals surface area contributed by atoms with Gasteiger partial charge in [-0.2, -0.15) is 0 Å². The van der Waals surface area contributed by atoms with Crippen LogP contribution in [0, 0.1) is 10.1 Å². The molecule has 0 unspecified atom stereocenters. The van der Waals surface area contributed by atoms with Gasteiger partial charge in [0.2, 0.25) is 0 Å². The Hall–Kier alpha value is -2.11. The van der Waals surface area contributed by atoms with Crippen LogP contribution >= 0.6 is 0 Å². The summed E-state index contributed by atoms with van der Waals surface area (Å²) in [4.78, 5) is 20.9. The molecular formula is C12H15NO5. The summed E-state index contributed by atoms with van der Waals surface area (Å²) >= 11 is 0.